The van der Waals surface area contributed by atoms with Crippen molar-refractivity contribution in [2.45, 2.75) is 38.6 Å². The fourth-order valence-electron chi connectivity index (χ4n) is 2.87. The van der Waals surface area contributed by atoms with Crippen LogP contribution in [0.4, 0.5) is 0 Å². The summed E-state index contributed by atoms with van der Waals surface area (Å²) in [6.07, 6.45) is 1.97. The van der Waals surface area contributed by atoms with E-state index in [-0.39, 0.29) is 36.8 Å². The maximum absolute atomic E-state index is 12.5. The van der Waals surface area contributed by atoms with Gasteiger partial charge in [-0.1, -0.05) is 38.1 Å². The Kier molecular flexibility index (Phi) is 8.35. The van der Waals surface area contributed by atoms with Crippen LogP contribution in [0, 0.1) is 0 Å². The highest BCUT2D eigenvalue weighted by molar-refractivity contribution is 7.13. The first-order valence-corrected chi connectivity index (χ1v) is 9.03. The topological polar surface area (TPSA) is 59.2 Å². The van der Waals surface area contributed by atoms with E-state index in [1.54, 1.807) is 0 Å². The lowest BCUT2D eigenvalue weighted by Gasteiger charge is -2.30. The summed E-state index contributed by atoms with van der Waals surface area (Å²) in [5.41, 5.74) is 8.87. The number of piperidine rings is 1. The Balaban J connectivity index is 0.00000156. The van der Waals surface area contributed by atoms with Gasteiger partial charge in [0.2, 0.25) is 0 Å². The van der Waals surface area contributed by atoms with Crippen LogP contribution in [0.15, 0.2) is 29.6 Å². The van der Waals surface area contributed by atoms with Crippen LogP contribution in [-0.4, -0.2) is 34.9 Å². The van der Waals surface area contributed by atoms with Crippen molar-refractivity contribution in [1.82, 2.24) is 9.88 Å². The Labute approximate surface area is 165 Å². The van der Waals surface area contributed by atoms with Crippen LogP contribution in [0.1, 0.15) is 48.7 Å². The maximum Gasteiger partial charge on any atom is 0.273 e. The molecule has 25 heavy (non-hydrogen) atoms. The SMILES string of the molecule is CC(C)c1ccc(-c2nc(C(=O)N3CCCC(N)C3)cs2)cc1.Cl.Cl. The number of thiazole rings is 1. The van der Waals surface area contributed by atoms with Crippen LogP contribution in [0.25, 0.3) is 10.6 Å². The van der Waals surface area contributed by atoms with Gasteiger partial charge in [0, 0.05) is 30.1 Å². The molecule has 0 aliphatic carbocycles. The number of halogens is 2. The summed E-state index contributed by atoms with van der Waals surface area (Å²) in [6, 6.07) is 8.52. The van der Waals surface area contributed by atoms with Gasteiger partial charge in [0.15, 0.2) is 0 Å². The Morgan fingerprint density at radius 1 is 1.28 bits per heavy atom. The molecule has 1 aromatic heterocycles. The zero-order chi connectivity index (χ0) is 16.4. The summed E-state index contributed by atoms with van der Waals surface area (Å²) >= 11 is 1.52. The van der Waals surface area contributed by atoms with Crippen molar-refractivity contribution in [3.05, 3.63) is 40.9 Å². The van der Waals surface area contributed by atoms with Crippen LogP contribution in [0.3, 0.4) is 0 Å². The van der Waals surface area contributed by atoms with Crippen molar-refractivity contribution in [1.29, 1.82) is 0 Å². The Hall–Kier alpha value is -1.14. The lowest BCUT2D eigenvalue weighted by molar-refractivity contribution is 0.0704. The minimum Gasteiger partial charge on any atom is -0.336 e. The Morgan fingerprint density at radius 3 is 2.56 bits per heavy atom. The van der Waals surface area contributed by atoms with E-state index in [1.807, 2.05) is 10.3 Å². The molecule has 1 amide bonds. The number of aromatic nitrogens is 1. The molecule has 0 bridgehead atoms. The summed E-state index contributed by atoms with van der Waals surface area (Å²) in [5.74, 6) is 0.516. The number of rotatable bonds is 3. The Morgan fingerprint density at radius 2 is 1.96 bits per heavy atom. The van der Waals surface area contributed by atoms with Gasteiger partial charge in [-0.3, -0.25) is 4.79 Å². The largest absolute Gasteiger partial charge is 0.336 e. The van der Waals surface area contributed by atoms with Crippen molar-refractivity contribution in [2.75, 3.05) is 13.1 Å². The predicted octanol–water partition coefficient (Wildman–Crippen LogP) is 4.34. The van der Waals surface area contributed by atoms with Crippen LogP contribution >= 0.6 is 36.2 Å². The van der Waals surface area contributed by atoms with E-state index in [9.17, 15) is 4.79 Å². The molecule has 1 saturated heterocycles. The van der Waals surface area contributed by atoms with Gasteiger partial charge in [-0.2, -0.15) is 0 Å². The molecule has 0 radical (unpaired) electrons. The second kappa shape index (κ2) is 9.53. The highest BCUT2D eigenvalue weighted by Gasteiger charge is 2.24. The molecular formula is C18H25Cl2N3OS. The van der Waals surface area contributed by atoms with Crippen molar-refractivity contribution in [3.63, 3.8) is 0 Å². The molecule has 1 aromatic carbocycles. The van der Waals surface area contributed by atoms with Gasteiger partial charge in [0.25, 0.3) is 5.91 Å². The number of benzene rings is 1. The van der Waals surface area contributed by atoms with Crippen LogP contribution in [0.2, 0.25) is 0 Å². The molecule has 1 fully saturated rings. The van der Waals surface area contributed by atoms with E-state index < -0.39 is 0 Å². The zero-order valence-corrected chi connectivity index (χ0v) is 16.9. The summed E-state index contributed by atoms with van der Waals surface area (Å²) < 4.78 is 0. The van der Waals surface area contributed by atoms with Gasteiger partial charge < -0.3 is 10.6 Å². The van der Waals surface area contributed by atoms with Crippen molar-refractivity contribution < 1.29 is 4.79 Å². The van der Waals surface area contributed by atoms with E-state index in [4.69, 9.17) is 5.73 Å². The molecule has 0 spiro atoms. The second-order valence-corrected chi connectivity index (χ2v) is 7.33. The minimum atomic E-state index is 0. The zero-order valence-electron chi connectivity index (χ0n) is 14.5. The van der Waals surface area contributed by atoms with Crippen LogP contribution in [0.5, 0.6) is 0 Å². The highest BCUT2D eigenvalue weighted by atomic mass is 35.5. The maximum atomic E-state index is 12.5. The van der Waals surface area contributed by atoms with Gasteiger partial charge in [-0.15, -0.1) is 36.2 Å². The lowest BCUT2D eigenvalue weighted by atomic mass is 10.0. The van der Waals surface area contributed by atoms with Crippen molar-refractivity contribution >= 4 is 42.1 Å². The van der Waals surface area contributed by atoms with Crippen molar-refractivity contribution in [2.24, 2.45) is 5.73 Å². The average Bonchev–Trinajstić information content (AvgIpc) is 3.04. The average molecular weight is 402 g/mol. The second-order valence-electron chi connectivity index (χ2n) is 6.47. The fourth-order valence-corrected chi connectivity index (χ4v) is 3.67. The first-order valence-electron chi connectivity index (χ1n) is 8.15. The number of amides is 1. The number of nitrogens with zero attached hydrogens (tertiary/aromatic N) is 2. The normalized spacial score (nSPS) is 17.0. The van der Waals surface area contributed by atoms with Crippen LogP contribution in [-0.2, 0) is 0 Å². The standard InChI is InChI=1S/C18H23N3OS.2ClH/c1-12(2)13-5-7-14(8-6-13)17-20-16(11-23-17)18(22)21-9-3-4-15(19)10-21;;/h5-8,11-12,15H,3-4,9-10,19H2,1-2H3;2*1H. The number of hydrogen-bond donors (Lipinski definition) is 1. The summed E-state index contributed by atoms with van der Waals surface area (Å²) in [5, 5.41) is 2.75. The quantitative estimate of drug-likeness (QED) is 0.831. The molecule has 1 atom stereocenters. The predicted molar refractivity (Wildman–Crippen MR) is 109 cm³/mol. The van der Waals surface area contributed by atoms with Crippen molar-refractivity contribution in [3.8, 4) is 10.6 Å². The molecule has 1 unspecified atom stereocenters. The minimum absolute atomic E-state index is 0. The van der Waals surface area contributed by atoms with E-state index in [0.29, 0.717) is 18.2 Å². The number of nitrogens with two attached hydrogens (primary N) is 1. The molecular weight excluding hydrogens is 377 g/mol. The molecule has 0 saturated carbocycles. The lowest BCUT2D eigenvalue weighted by Crippen LogP contribution is -2.45. The van der Waals surface area contributed by atoms with E-state index >= 15 is 0 Å². The number of hydrogen-bond acceptors (Lipinski definition) is 4. The van der Waals surface area contributed by atoms with Gasteiger partial charge in [-0.05, 0) is 24.3 Å². The third kappa shape index (κ3) is 5.17. The third-order valence-electron chi connectivity index (χ3n) is 4.29. The van der Waals surface area contributed by atoms with Crippen LogP contribution < -0.4 is 5.73 Å². The van der Waals surface area contributed by atoms with Gasteiger partial charge >= 0.3 is 0 Å². The molecule has 2 aromatic rings. The Bertz CT molecular complexity index is 688. The third-order valence-corrected chi connectivity index (χ3v) is 5.18. The fraction of sp³-hybridized carbons (Fsp3) is 0.444. The van der Waals surface area contributed by atoms with E-state index in [2.05, 4.69) is 43.1 Å². The van der Waals surface area contributed by atoms with Gasteiger partial charge in [-0.25, -0.2) is 4.98 Å². The smallest absolute Gasteiger partial charge is 0.273 e. The van der Waals surface area contributed by atoms with E-state index in [1.165, 1.54) is 16.9 Å². The number of carbonyl (C=O) groups is 1. The molecule has 1 aliphatic rings. The number of likely N-dealkylation sites (tertiary alicyclic amines) is 1. The monoisotopic (exact) mass is 401 g/mol. The molecule has 1 aliphatic heterocycles. The molecule has 3 rings (SSSR count). The first kappa shape index (κ1) is 21.9. The summed E-state index contributed by atoms with van der Waals surface area (Å²) in [4.78, 5) is 18.9. The van der Waals surface area contributed by atoms with Gasteiger partial charge in [0.05, 0.1) is 0 Å². The molecule has 7 heteroatoms. The summed E-state index contributed by atoms with van der Waals surface area (Å²) in [6.45, 7) is 5.77. The molecule has 2 N–H and O–H groups in total. The molecule has 2 heterocycles. The highest BCUT2D eigenvalue weighted by Crippen LogP contribution is 2.26. The summed E-state index contributed by atoms with van der Waals surface area (Å²) in [7, 11) is 0. The first-order chi connectivity index (χ1) is 11.0. The van der Waals surface area contributed by atoms with Gasteiger partial charge in [0.1, 0.15) is 10.7 Å². The molecule has 138 valence electrons. The molecule has 4 nitrogen and oxygen atoms in total. The van der Waals surface area contributed by atoms with E-state index in [0.717, 1.165) is 30.0 Å². The number of carbonyl (C=O) groups excluding carboxylic acids is 1.